The van der Waals surface area contributed by atoms with Crippen molar-refractivity contribution in [3.63, 3.8) is 0 Å². The SMILES string of the molecule is CCc1ccc[n+](C/C(=N\Nc2ccc([N+](=O)[O-])cc2[N+](=O)[O-])c2ccc(Cl)c(Cl)c2)c1. The molecule has 0 saturated carbocycles. The van der Waals surface area contributed by atoms with Crippen LogP contribution in [0.25, 0.3) is 0 Å². The Bertz CT molecular complexity index is 1220. The molecule has 3 aromatic rings. The van der Waals surface area contributed by atoms with Gasteiger partial charge in [0.1, 0.15) is 11.4 Å². The molecule has 0 radical (unpaired) electrons. The van der Waals surface area contributed by atoms with Crippen LogP contribution >= 0.6 is 23.2 Å². The van der Waals surface area contributed by atoms with Crippen molar-refractivity contribution in [2.24, 2.45) is 5.10 Å². The monoisotopic (exact) mass is 474 g/mol. The van der Waals surface area contributed by atoms with Crippen molar-refractivity contribution in [3.05, 3.63) is 102 Å². The van der Waals surface area contributed by atoms with Gasteiger partial charge in [0.15, 0.2) is 18.9 Å². The number of benzene rings is 2. The van der Waals surface area contributed by atoms with Gasteiger partial charge >= 0.3 is 5.69 Å². The highest BCUT2D eigenvalue weighted by molar-refractivity contribution is 6.42. The average molecular weight is 475 g/mol. The van der Waals surface area contributed by atoms with Crippen LogP contribution in [-0.2, 0) is 13.0 Å². The van der Waals surface area contributed by atoms with Crippen molar-refractivity contribution < 1.29 is 14.4 Å². The zero-order valence-corrected chi connectivity index (χ0v) is 18.4. The maximum atomic E-state index is 11.4. The van der Waals surface area contributed by atoms with Crippen molar-refractivity contribution in [1.29, 1.82) is 0 Å². The number of hydrogen-bond donors (Lipinski definition) is 1. The molecule has 0 fully saturated rings. The lowest BCUT2D eigenvalue weighted by Gasteiger charge is -2.08. The number of aromatic nitrogens is 1. The molecule has 1 N–H and O–H groups in total. The Labute approximate surface area is 193 Å². The Hall–Kier alpha value is -3.56. The van der Waals surface area contributed by atoms with Crippen LogP contribution in [0, 0.1) is 20.2 Å². The molecule has 0 bridgehead atoms. The van der Waals surface area contributed by atoms with E-state index in [1.165, 1.54) is 12.1 Å². The molecule has 2 aromatic carbocycles. The number of aryl methyl sites for hydroxylation is 1. The number of anilines is 1. The van der Waals surface area contributed by atoms with Crippen LogP contribution in [0.3, 0.4) is 0 Å². The van der Waals surface area contributed by atoms with E-state index in [4.69, 9.17) is 23.2 Å². The molecular weight excluding hydrogens is 457 g/mol. The van der Waals surface area contributed by atoms with Crippen LogP contribution in [0.2, 0.25) is 10.0 Å². The van der Waals surface area contributed by atoms with E-state index < -0.39 is 15.5 Å². The Balaban J connectivity index is 2.02. The molecule has 0 atom stereocenters. The Morgan fingerprint density at radius 3 is 2.50 bits per heavy atom. The summed E-state index contributed by atoms with van der Waals surface area (Å²) in [6, 6.07) is 12.2. The Morgan fingerprint density at radius 1 is 1.06 bits per heavy atom. The predicted molar refractivity (Wildman–Crippen MR) is 122 cm³/mol. The molecule has 9 nitrogen and oxygen atoms in total. The molecule has 164 valence electrons. The van der Waals surface area contributed by atoms with Crippen molar-refractivity contribution in [1.82, 2.24) is 0 Å². The van der Waals surface area contributed by atoms with E-state index in [2.05, 4.69) is 10.5 Å². The smallest absolute Gasteiger partial charge is 0.271 e. The third-order valence-corrected chi connectivity index (χ3v) is 5.35. The summed E-state index contributed by atoms with van der Waals surface area (Å²) in [5.41, 5.74) is 4.15. The third-order valence-electron chi connectivity index (χ3n) is 4.61. The molecule has 0 aliphatic carbocycles. The highest BCUT2D eigenvalue weighted by Gasteiger charge is 2.20. The van der Waals surface area contributed by atoms with Crippen LogP contribution in [0.1, 0.15) is 18.1 Å². The number of nitro benzene ring substituents is 2. The van der Waals surface area contributed by atoms with Gasteiger partial charge in [0, 0.05) is 23.3 Å². The number of hydrogen-bond acceptors (Lipinski definition) is 6. The van der Waals surface area contributed by atoms with E-state index in [9.17, 15) is 20.2 Å². The molecule has 0 aliphatic rings. The summed E-state index contributed by atoms with van der Waals surface area (Å²) in [6.45, 7) is 2.38. The van der Waals surface area contributed by atoms with Crippen molar-refractivity contribution >= 4 is 46.0 Å². The summed E-state index contributed by atoms with van der Waals surface area (Å²) in [7, 11) is 0. The Morgan fingerprint density at radius 2 is 1.84 bits per heavy atom. The lowest BCUT2D eigenvalue weighted by Crippen LogP contribution is -2.38. The number of pyridine rings is 1. The molecule has 1 aromatic heterocycles. The van der Waals surface area contributed by atoms with Crippen molar-refractivity contribution in [2.45, 2.75) is 19.9 Å². The Kier molecular flexibility index (Phi) is 7.34. The van der Waals surface area contributed by atoms with Gasteiger partial charge in [-0.15, -0.1) is 0 Å². The van der Waals surface area contributed by atoms with Gasteiger partial charge in [0.2, 0.25) is 0 Å². The van der Waals surface area contributed by atoms with E-state index in [0.717, 1.165) is 18.1 Å². The average Bonchev–Trinajstić information content (AvgIpc) is 2.78. The highest BCUT2D eigenvalue weighted by atomic mass is 35.5. The highest BCUT2D eigenvalue weighted by Crippen LogP contribution is 2.29. The molecule has 1 heterocycles. The second kappa shape index (κ2) is 10.2. The summed E-state index contributed by atoms with van der Waals surface area (Å²) in [5.74, 6) is 0. The van der Waals surface area contributed by atoms with Gasteiger partial charge in [-0.3, -0.25) is 25.7 Å². The molecule has 0 aliphatic heterocycles. The number of nitrogens with zero attached hydrogens (tertiary/aromatic N) is 4. The van der Waals surface area contributed by atoms with E-state index >= 15 is 0 Å². The molecule has 0 unspecified atom stereocenters. The minimum absolute atomic E-state index is 0.0190. The van der Waals surface area contributed by atoms with E-state index in [-0.39, 0.29) is 11.4 Å². The van der Waals surface area contributed by atoms with E-state index in [1.807, 2.05) is 36.0 Å². The largest absolute Gasteiger partial charge is 0.301 e. The lowest BCUT2D eigenvalue weighted by molar-refractivity contribution is -0.682. The summed E-state index contributed by atoms with van der Waals surface area (Å²) < 4.78 is 1.92. The van der Waals surface area contributed by atoms with Crippen LogP contribution in [0.4, 0.5) is 17.1 Å². The number of nitrogens with one attached hydrogen (secondary N) is 1. The van der Waals surface area contributed by atoms with Gasteiger partial charge in [0.05, 0.1) is 26.0 Å². The minimum atomic E-state index is -0.705. The number of nitro groups is 2. The molecule has 0 amide bonds. The summed E-state index contributed by atoms with van der Waals surface area (Å²) >= 11 is 12.2. The number of hydrazone groups is 1. The second-order valence-corrected chi connectivity index (χ2v) is 7.57. The fourth-order valence-electron chi connectivity index (χ4n) is 2.93. The third kappa shape index (κ3) is 5.57. The standard InChI is InChI=1S/C21H18Cl2N5O4/c1-2-14-4-3-9-26(12-14)13-20(15-5-7-17(22)18(23)10-15)25-24-19-8-6-16(27(29)30)11-21(19)28(31)32/h3-12,24H,2,13H2,1H3/q+1/b25-20+. The first-order valence-corrected chi connectivity index (χ1v) is 10.2. The molecule has 0 saturated heterocycles. The van der Waals surface area contributed by atoms with Crippen LogP contribution in [0.5, 0.6) is 0 Å². The van der Waals surface area contributed by atoms with Crippen LogP contribution in [-0.4, -0.2) is 15.6 Å². The fraction of sp³-hybridized carbons (Fsp3) is 0.143. The molecule has 0 spiro atoms. The number of halogens is 2. The lowest BCUT2D eigenvalue weighted by atomic mass is 10.1. The normalized spacial score (nSPS) is 11.3. The summed E-state index contributed by atoms with van der Waals surface area (Å²) in [5, 5.41) is 27.5. The first-order chi connectivity index (χ1) is 15.3. The van der Waals surface area contributed by atoms with Gasteiger partial charge in [-0.2, -0.15) is 9.67 Å². The van der Waals surface area contributed by atoms with Gasteiger partial charge in [-0.25, -0.2) is 0 Å². The van der Waals surface area contributed by atoms with E-state index in [0.29, 0.717) is 27.9 Å². The minimum Gasteiger partial charge on any atom is -0.271 e. The topological polar surface area (TPSA) is 115 Å². The number of non-ortho nitro benzene ring substituents is 1. The van der Waals surface area contributed by atoms with Gasteiger partial charge in [0.25, 0.3) is 5.69 Å². The molecule has 11 heteroatoms. The second-order valence-electron chi connectivity index (χ2n) is 6.75. The van der Waals surface area contributed by atoms with Crippen molar-refractivity contribution in [2.75, 3.05) is 5.43 Å². The molecular formula is C21H18Cl2N5O4+. The number of rotatable bonds is 8. The van der Waals surface area contributed by atoms with Gasteiger partial charge in [-0.05, 0) is 30.7 Å². The van der Waals surface area contributed by atoms with Gasteiger partial charge in [-0.1, -0.05) is 36.2 Å². The first-order valence-electron chi connectivity index (χ1n) is 9.47. The summed E-state index contributed by atoms with van der Waals surface area (Å²) in [6.07, 6.45) is 4.70. The fourth-order valence-corrected chi connectivity index (χ4v) is 3.23. The molecule has 3 rings (SSSR count). The van der Waals surface area contributed by atoms with Crippen LogP contribution in [0.15, 0.2) is 66.0 Å². The molecule has 32 heavy (non-hydrogen) atoms. The van der Waals surface area contributed by atoms with Gasteiger partial charge < -0.3 is 0 Å². The summed E-state index contributed by atoms with van der Waals surface area (Å²) in [4.78, 5) is 21.0. The van der Waals surface area contributed by atoms with E-state index in [1.54, 1.807) is 18.2 Å². The first kappa shape index (κ1) is 23.1. The van der Waals surface area contributed by atoms with Crippen molar-refractivity contribution in [3.8, 4) is 0 Å². The predicted octanol–water partition coefficient (Wildman–Crippen LogP) is 5.18. The van der Waals surface area contributed by atoms with Crippen LogP contribution < -0.4 is 9.99 Å². The maximum absolute atomic E-state index is 11.4. The zero-order valence-electron chi connectivity index (χ0n) is 16.9. The maximum Gasteiger partial charge on any atom is 0.301 e. The quantitative estimate of drug-likeness (QED) is 0.209. The zero-order chi connectivity index (χ0) is 23.3.